The molecule has 1 fully saturated rings. The first kappa shape index (κ1) is 27.2. The summed E-state index contributed by atoms with van der Waals surface area (Å²) in [6, 6.07) is 0. The molecule has 0 aromatic heterocycles. The fourth-order valence-electron chi connectivity index (χ4n) is 4.39. The van der Waals surface area contributed by atoms with Crippen LogP contribution in [0.2, 0.25) is 0 Å². The molecular weight excluding hydrogens is 468 g/mol. The first-order chi connectivity index (χ1) is 17.1. The van der Waals surface area contributed by atoms with Crippen LogP contribution in [0.25, 0.3) is 0 Å². The Morgan fingerprint density at radius 2 is 1.75 bits per heavy atom. The lowest BCUT2D eigenvalue weighted by atomic mass is 9.94. The average Bonchev–Trinajstić information content (AvgIpc) is 3.24. The van der Waals surface area contributed by atoms with Gasteiger partial charge in [-0.1, -0.05) is 11.6 Å². The Morgan fingerprint density at radius 1 is 1.06 bits per heavy atom. The molecule has 0 saturated carbocycles. The van der Waals surface area contributed by atoms with Crippen LogP contribution in [0.15, 0.2) is 11.6 Å². The van der Waals surface area contributed by atoms with Crippen molar-refractivity contribution in [3.05, 3.63) is 33.9 Å². The number of hydrogen-bond donors (Lipinski definition) is 1. The van der Waals surface area contributed by atoms with Crippen molar-refractivity contribution in [2.24, 2.45) is 0 Å². The Bertz CT molecular complexity index is 1070. The summed E-state index contributed by atoms with van der Waals surface area (Å²) in [5.74, 6) is -1.65. The van der Waals surface area contributed by atoms with E-state index in [2.05, 4.69) is 4.90 Å². The molecule has 1 amide bonds. The van der Waals surface area contributed by atoms with E-state index in [1.165, 1.54) is 7.11 Å². The number of carbonyl (C=O) groups excluding carboxylic acids is 3. The minimum absolute atomic E-state index is 0.00180. The minimum Gasteiger partial charge on any atom is -0.496 e. The largest absolute Gasteiger partial charge is 0.496 e. The Balaban J connectivity index is 1.83. The highest BCUT2D eigenvalue weighted by Gasteiger charge is 2.34. The number of carboxylic acid groups (broad SMARTS) is 1. The van der Waals surface area contributed by atoms with Crippen molar-refractivity contribution in [3.8, 4) is 11.5 Å². The molecule has 1 saturated heterocycles. The number of benzene rings is 1. The van der Waals surface area contributed by atoms with Crippen molar-refractivity contribution in [1.82, 2.24) is 9.80 Å². The zero-order valence-electron chi connectivity index (χ0n) is 21.3. The molecule has 2 aliphatic rings. The van der Waals surface area contributed by atoms with E-state index in [1.807, 2.05) is 27.0 Å². The third-order valence-corrected chi connectivity index (χ3v) is 6.63. The van der Waals surface area contributed by atoms with Gasteiger partial charge in [-0.2, -0.15) is 0 Å². The van der Waals surface area contributed by atoms with Crippen LogP contribution in [0.4, 0.5) is 0 Å². The van der Waals surface area contributed by atoms with Crippen molar-refractivity contribution in [1.29, 1.82) is 0 Å². The SMILES string of the molecule is COc1c(C)c2c(c(OC(=O)CCC(=O)N3CCN(C)CC3)c1C/C=C(\C)CCC(=O)O)C(=O)OC2. The van der Waals surface area contributed by atoms with Gasteiger partial charge in [0.05, 0.1) is 13.5 Å². The number of rotatable bonds is 10. The summed E-state index contributed by atoms with van der Waals surface area (Å²) in [5, 5.41) is 8.94. The zero-order valence-corrected chi connectivity index (χ0v) is 21.3. The summed E-state index contributed by atoms with van der Waals surface area (Å²) in [5.41, 5.74) is 2.85. The predicted molar refractivity (Wildman–Crippen MR) is 130 cm³/mol. The van der Waals surface area contributed by atoms with Crippen molar-refractivity contribution in [2.75, 3.05) is 40.3 Å². The van der Waals surface area contributed by atoms with E-state index < -0.39 is 17.9 Å². The summed E-state index contributed by atoms with van der Waals surface area (Å²) < 4.78 is 16.6. The Labute approximate surface area is 210 Å². The van der Waals surface area contributed by atoms with E-state index in [9.17, 15) is 19.2 Å². The molecule has 10 heteroatoms. The number of likely N-dealkylation sites (N-methyl/N-ethyl adjacent to an activating group) is 1. The van der Waals surface area contributed by atoms with Gasteiger partial charge in [-0.3, -0.25) is 14.4 Å². The summed E-state index contributed by atoms with van der Waals surface area (Å²) in [6.45, 7) is 6.50. The summed E-state index contributed by atoms with van der Waals surface area (Å²) >= 11 is 0. The Morgan fingerprint density at radius 3 is 2.39 bits per heavy atom. The summed E-state index contributed by atoms with van der Waals surface area (Å²) in [4.78, 5) is 52.8. The molecule has 2 aliphatic heterocycles. The number of carbonyl (C=O) groups is 4. The molecule has 36 heavy (non-hydrogen) atoms. The van der Waals surface area contributed by atoms with Crippen LogP contribution in [-0.2, 0) is 32.1 Å². The highest BCUT2D eigenvalue weighted by atomic mass is 16.6. The Kier molecular flexibility index (Phi) is 9.08. The lowest BCUT2D eigenvalue weighted by Crippen LogP contribution is -2.47. The van der Waals surface area contributed by atoms with Crippen molar-refractivity contribution >= 4 is 23.8 Å². The minimum atomic E-state index is -0.891. The van der Waals surface area contributed by atoms with E-state index in [4.69, 9.17) is 19.3 Å². The number of esters is 2. The summed E-state index contributed by atoms with van der Waals surface area (Å²) in [6.07, 6.45) is 2.35. The number of carboxylic acids is 1. The highest BCUT2D eigenvalue weighted by Crippen LogP contribution is 2.43. The van der Waals surface area contributed by atoms with E-state index in [0.717, 1.165) is 24.2 Å². The average molecular weight is 503 g/mol. The maximum atomic E-state index is 12.8. The third kappa shape index (κ3) is 6.42. The van der Waals surface area contributed by atoms with E-state index in [1.54, 1.807) is 4.90 Å². The highest BCUT2D eigenvalue weighted by molar-refractivity contribution is 5.99. The van der Waals surface area contributed by atoms with Gasteiger partial charge in [-0.15, -0.1) is 0 Å². The molecule has 0 aliphatic carbocycles. The maximum Gasteiger partial charge on any atom is 0.342 e. The second-order valence-corrected chi connectivity index (χ2v) is 9.20. The second-order valence-electron chi connectivity index (χ2n) is 9.20. The van der Waals surface area contributed by atoms with Gasteiger partial charge >= 0.3 is 17.9 Å². The number of allylic oxidation sites excluding steroid dienone is 2. The van der Waals surface area contributed by atoms with Crippen LogP contribution in [0.5, 0.6) is 11.5 Å². The number of fused-ring (bicyclic) bond motifs is 1. The van der Waals surface area contributed by atoms with Crippen molar-refractivity contribution in [2.45, 2.75) is 52.6 Å². The third-order valence-electron chi connectivity index (χ3n) is 6.63. The number of nitrogens with zero attached hydrogens (tertiary/aromatic N) is 2. The molecule has 0 radical (unpaired) electrons. The van der Waals surface area contributed by atoms with Crippen LogP contribution in [0.1, 0.15) is 59.7 Å². The normalized spacial score (nSPS) is 15.9. The predicted octanol–water partition coefficient (Wildman–Crippen LogP) is 2.49. The fourth-order valence-corrected chi connectivity index (χ4v) is 4.39. The number of aliphatic carboxylic acids is 1. The molecule has 0 bridgehead atoms. The number of piperazine rings is 1. The molecule has 2 heterocycles. The van der Waals surface area contributed by atoms with Crippen LogP contribution in [0.3, 0.4) is 0 Å². The first-order valence-electron chi connectivity index (χ1n) is 12.1. The molecular formula is C26H34N2O8. The van der Waals surface area contributed by atoms with Crippen LogP contribution < -0.4 is 9.47 Å². The lowest BCUT2D eigenvalue weighted by molar-refractivity contribution is -0.139. The van der Waals surface area contributed by atoms with E-state index in [0.29, 0.717) is 36.4 Å². The molecule has 1 aromatic carbocycles. The fraction of sp³-hybridized carbons (Fsp3) is 0.538. The van der Waals surface area contributed by atoms with Gasteiger partial charge in [0.25, 0.3) is 0 Å². The van der Waals surface area contributed by atoms with Gasteiger partial charge in [-0.05, 0) is 39.3 Å². The van der Waals surface area contributed by atoms with E-state index >= 15 is 0 Å². The molecule has 0 unspecified atom stereocenters. The van der Waals surface area contributed by atoms with Gasteiger partial charge in [0.15, 0.2) is 5.75 Å². The van der Waals surface area contributed by atoms with Gasteiger partial charge in [0.1, 0.15) is 17.9 Å². The molecule has 3 rings (SSSR count). The molecule has 1 aromatic rings. The Hall–Kier alpha value is -3.40. The van der Waals surface area contributed by atoms with Crippen LogP contribution in [0, 0.1) is 6.92 Å². The number of ether oxygens (including phenoxy) is 3. The second kappa shape index (κ2) is 12.0. The number of hydrogen-bond acceptors (Lipinski definition) is 8. The molecule has 0 atom stereocenters. The van der Waals surface area contributed by atoms with Crippen molar-refractivity contribution in [3.63, 3.8) is 0 Å². The maximum absolute atomic E-state index is 12.8. The number of methoxy groups -OCH3 is 1. The molecule has 1 N–H and O–H groups in total. The smallest absolute Gasteiger partial charge is 0.342 e. The first-order valence-corrected chi connectivity index (χ1v) is 12.1. The lowest BCUT2D eigenvalue weighted by Gasteiger charge is -2.32. The quantitative estimate of drug-likeness (QED) is 0.292. The van der Waals surface area contributed by atoms with Gasteiger partial charge in [0, 0.05) is 50.1 Å². The zero-order chi connectivity index (χ0) is 26.4. The standard InChI is InChI=1S/C26H34N2O8/c1-16(6-9-21(30)31)5-7-18-24(34-4)17(2)19-15-35-26(33)23(19)25(18)36-22(32)10-8-20(29)28-13-11-27(3)12-14-28/h5H,6-15H2,1-4H3,(H,30,31)/b16-5+. The summed E-state index contributed by atoms with van der Waals surface area (Å²) in [7, 11) is 3.50. The van der Waals surface area contributed by atoms with E-state index in [-0.39, 0.29) is 49.5 Å². The number of cyclic esters (lactones) is 1. The number of amides is 1. The molecule has 10 nitrogen and oxygen atoms in total. The molecule has 0 spiro atoms. The monoisotopic (exact) mass is 502 g/mol. The van der Waals surface area contributed by atoms with Crippen LogP contribution >= 0.6 is 0 Å². The van der Waals surface area contributed by atoms with Gasteiger partial charge < -0.3 is 29.1 Å². The van der Waals surface area contributed by atoms with Gasteiger partial charge in [-0.25, -0.2) is 4.79 Å². The van der Waals surface area contributed by atoms with Crippen LogP contribution in [-0.4, -0.2) is 79.1 Å². The topological polar surface area (TPSA) is 123 Å². The van der Waals surface area contributed by atoms with Gasteiger partial charge in [0.2, 0.25) is 5.91 Å². The van der Waals surface area contributed by atoms with Crippen molar-refractivity contribution < 1.29 is 38.5 Å². The molecule has 196 valence electrons.